The van der Waals surface area contributed by atoms with Crippen LogP contribution in [0.15, 0.2) is 0 Å². The SMILES string of the molecule is CN(CC(=O)NCC1CCCO1)C(C)(C)CO. The van der Waals surface area contributed by atoms with E-state index in [0.29, 0.717) is 13.1 Å². The first-order valence-electron chi connectivity index (χ1n) is 6.16. The van der Waals surface area contributed by atoms with Crippen LogP contribution in [0, 0.1) is 0 Å². The third-order valence-corrected chi connectivity index (χ3v) is 3.35. The summed E-state index contributed by atoms with van der Waals surface area (Å²) < 4.78 is 5.43. The maximum Gasteiger partial charge on any atom is 0.234 e. The van der Waals surface area contributed by atoms with Crippen LogP contribution in [0.3, 0.4) is 0 Å². The fourth-order valence-corrected chi connectivity index (χ4v) is 1.64. The normalized spacial score (nSPS) is 20.9. The summed E-state index contributed by atoms with van der Waals surface area (Å²) in [5.41, 5.74) is -0.374. The highest BCUT2D eigenvalue weighted by molar-refractivity contribution is 5.78. The van der Waals surface area contributed by atoms with Crippen LogP contribution in [0.5, 0.6) is 0 Å². The molecule has 1 unspecified atom stereocenters. The minimum absolute atomic E-state index is 0.0236. The standard InChI is InChI=1S/C12H24N2O3/c1-12(2,9-15)14(3)8-11(16)13-7-10-5-4-6-17-10/h10,15H,4-9H2,1-3H3,(H,13,16). The molecule has 0 radical (unpaired) electrons. The fraction of sp³-hybridized carbons (Fsp3) is 0.917. The maximum atomic E-state index is 11.7. The summed E-state index contributed by atoms with van der Waals surface area (Å²) in [6, 6.07) is 0. The summed E-state index contributed by atoms with van der Waals surface area (Å²) >= 11 is 0. The van der Waals surface area contributed by atoms with Gasteiger partial charge in [0.15, 0.2) is 0 Å². The second kappa shape index (κ2) is 6.33. The summed E-state index contributed by atoms with van der Waals surface area (Å²) in [4.78, 5) is 13.5. The van der Waals surface area contributed by atoms with Gasteiger partial charge in [0.05, 0.1) is 19.3 Å². The monoisotopic (exact) mass is 244 g/mol. The number of ether oxygens (including phenoxy) is 1. The molecule has 1 heterocycles. The van der Waals surface area contributed by atoms with Crippen LogP contribution in [0.1, 0.15) is 26.7 Å². The van der Waals surface area contributed by atoms with E-state index in [1.54, 1.807) is 0 Å². The highest BCUT2D eigenvalue weighted by Gasteiger charge is 2.24. The smallest absolute Gasteiger partial charge is 0.234 e. The van der Waals surface area contributed by atoms with Gasteiger partial charge in [0.2, 0.25) is 5.91 Å². The van der Waals surface area contributed by atoms with Crippen LogP contribution >= 0.6 is 0 Å². The quantitative estimate of drug-likeness (QED) is 0.689. The molecule has 1 aliphatic heterocycles. The molecule has 1 fully saturated rings. The van der Waals surface area contributed by atoms with E-state index in [0.717, 1.165) is 19.4 Å². The molecule has 0 aromatic carbocycles. The Kier molecular flexibility index (Phi) is 5.36. The van der Waals surface area contributed by atoms with Gasteiger partial charge in [-0.2, -0.15) is 0 Å². The number of aliphatic hydroxyl groups is 1. The Morgan fingerprint density at radius 3 is 2.82 bits per heavy atom. The Balaban J connectivity index is 2.24. The first kappa shape index (κ1) is 14.4. The van der Waals surface area contributed by atoms with Gasteiger partial charge < -0.3 is 15.2 Å². The van der Waals surface area contributed by atoms with Crippen molar-refractivity contribution in [3.8, 4) is 0 Å². The summed E-state index contributed by atoms with van der Waals surface area (Å²) in [5.74, 6) is -0.0236. The van der Waals surface area contributed by atoms with Crippen molar-refractivity contribution in [3.63, 3.8) is 0 Å². The number of amides is 1. The number of nitrogens with one attached hydrogen (secondary N) is 1. The molecule has 0 saturated carbocycles. The van der Waals surface area contributed by atoms with Crippen LogP contribution in [0.25, 0.3) is 0 Å². The molecule has 17 heavy (non-hydrogen) atoms. The van der Waals surface area contributed by atoms with Gasteiger partial charge in [-0.1, -0.05) is 0 Å². The van der Waals surface area contributed by atoms with Crippen molar-refractivity contribution >= 4 is 5.91 Å². The van der Waals surface area contributed by atoms with E-state index in [1.807, 2.05) is 25.8 Å². The fourth-order valence-electron chi connectivity index (χ4n) is 1.64. The number of likely N-dealkylation sites (N-methyl/N-ethyl adjacent to an activating group) is 1. The average Bonchev–Trinajstić information content (AvgIpc) is 2.79. The lowest BCUT2D eigenvalue weighted by Gasteiger charge is -2.33. The van der Waals surface area contributed by atoms with Crippen molar-refractivity contribution in [2.24, 2.45) is 0 Å². The zero-order chi connectivity index (χ0) is 12.9. The number of carbonyl (C=O) groups excluding carboxylic acids is 1. The van der Waals surface area contributed by atoms with E-state index in [9.17, 15) is 9.90 Å². The van der Waals surface area contributed by atoms with E-state index in [1.165, 1.54) is 0 Å². The summed E-state index contributed by atoms with van der Waals surface area (Å²) in [7, 11) is 1.84. The molecule has 5 nitrogen and oxygen atoms in total. The molecule has 1 rings (SSSR count). The van der Waals surface area contributed by atoms with Crippen molar-refractivity contribution < 1.29 is 14.6 Å². The highest BCUT2D eigenvalue weighted by atomic mass is 16.5. The minimum Gasteiger partial charge on any atom is -0.394 e. The molecular formula is C12H24N2O3. The van der Waals surface area contributed by atoms with E-state index in [2.05, 4.69) is 5.32 Å². The second-order valence-corrected chi connectivity index (χ2v) is 5.27. The Morgan fingerprint density at radius 1 is 1.59 bits per heavy atom. The molecule has 1 aliphatic rings. The Morgan fingerprint density at radius 2 is 2.29 bits per heavy atom. The third kappa shape index (κ3) is 4.61. The van der Waals surface area contributed by atoms with Crippen molar-refractivity contribution in [2.75, 3.05) is 33.4 Å². The number of hydrogen-bond acceptors (Lipinski definition) is 4. The molecule has 0 bridgehead atoms. The molecule has 0 aromatic heterocycles. The molecule has 100 valence electrons. The lowest BCUT2D eigenvalue weighted by Crippen LogP contribution is -2.49. The Hall–Kier alpha value is -0.650. The Labute approximate surface area is 103 Å². The molecule has 1 saturated heterocycles. The zero-order valence-electron chi connectivity index (χ0n) is 11.0. The van der Waals surface area contributed by atoms with Crippen molar-refractivity contribution in [1.82, 2.24) is 10.2 Å². The molecule has 1 amide bonds. The van der Waals surface area contributed by atoms with E-state index >= 15 is 0 Å². The number of carbonyl (C=O) groups is 1. The number of hydrogen-bond donors (Lipinski definition) is 2. The summed E-state index contributed by atoms with van der Waals surface area (Å²) in [5, 5.41) is 12.1. The van der Waals surface area contributed by atoms with E-state index in [4.69, 9.17) is 4.74 Å². The van der Waals surface area contributed by atoms with Gasteiger partial charge in [0.1, 0.15) is 0 Å². The maximum absolute atomic E-state index is 11.7. The second-order valence-electron chi connectivity index (χ2n) is 5.27. The lowest BCUT2D eigenvalue weighted by molar-refractivity contribution is -0.124. The topological polar surface area (TPSA) is 61.8 Å². The third-order valence-electron chi connectivity index (χ3n) is 3.35. The zero-order valence-corrected chi connectivity index (χ0v) is 11.0. The average molecular weight is 244 g/mol. The first-order valence-corrected chi connectivity index (χ1v) is 6.16. The van der Waals surface area contributed by atoms with Gasteiger partial charge >= 0.3 is 0 Å². The van der Waals surface area contributed by atoms with E-state index in [-0.39, 0.29) is 24.2 Å². The van der Waals surface area contributed by atoms with Gasteiger partial charge in [-0.3, -0.25) is 9.69 Å². The van der Waals surface area contributed by atoms with Crippen LogP contribution in [0.4, 0.5) is 0 Å². The van der Waals surface area contributed by atoms with Crippen LogP contribution in [0.2, 0.25) is 0 Å². The van der Waals surface area contributed by atoms with Gasteiger partial charge in [-0.05, 0) is 33.7 Å². The number of nitrogens with zero attached hydrogens (tertiary/aromatic N) is 1. The van der Waals surface area contributed by atoms with Crippen LogP contribution in [-0.2, 0) is 9.53 Å². The van der Waals surface area contributed by atoms with Crippen molar-refractivity contribution in [1.29, 1.82) is 0 Å². The molecule has 0 aliphatic carbocycles. The summed E-state index contributed by atoms with van der Waals surface area (Å²) in [6.07, 6.45) is 2.28. The number of aliphatic hydroxyl groups excluding tert-OH is 1. The van der Waals surface area contributed by atoms with Crippen LogP contribution < -0.4 is 5.32 Å². The minimum atomic E-state index is -0.374. The van der Waals surface area contributed by atoms with Crippen LogP contribution in [-0.4, -0.2) is 60.9 Å². The summed E-state index contributed by atoms with van der Waals surface area (Å²) in [6.45, 7) is 5.52. The van der Waals surface area contributed by atoms with Crippen molar-refractivity contribution in [3.05, 3.63) is 0 Å². The largest absolute Gasteiger partial charge is 0.394 e. The molecule has 5 heteroatoms. The molecule has 1 atom stereocenters. The van der Waals surface area contributed by atoms with Gasteiger partial charge in [0.25, 0.3) is 0 Å². The predicted octanol–water partition coefficient (Wildman–Crippen LogP) is -0.0157. The van der Waals surface area contributed by atoms with E-state index < -0.39 is 0 Å². The predicted molar refractivity (Wildman–Crippen MR) is 65.8 cm³/mol. The molecule has 0 aromatic rings. The molecule has 2 N–H and O–H groups in total. The Bertz CT molecular complexity index is 250. The van der Waals surface area contributed by atoms with Gasteiger partial charge in [-0.15, -0.1) is 0 Å². The molecule has 0 spiro atoms. The lowest BCUT2D eigenvalue weighted by atomic mass is 10.1. The highest BCUT2D eigenvalue weighted by Crippen LogP contribution is 2.11. The molecular weight excluding hydrogens is 220 g/mol. The van der Waals surface area contributed by atoms with Gasteiger partial charge in [-0.25, -0.2) is 0 Å². The van der Waals surface area contributed by atoms with Gasteiger partial charge in [0, 0.05) is 18.7 Å². The number of rotatable bonds is 6. The first-order chi connectivity index (χ1) is 7.95. The van der Waals surface area contributed by atoms with Crippen molar-refractivity contribution in [2.45, 2.75) is 38.3 Å².